The molecule has 6 heteroatoms. The van der Waals surface area contributed by atoms with Crippen LogP contribution in [-0.2, 0) is 22.6 Å². The van der Waals surface area contributed by atoms with Crippen molar-refractivity contribution in [3.63, 3.8) is 0 Å². The largest absolute Gasteiger partial charge is 0.389 e. The smallest absolute Gasteiger partial charge is 0.176 e. The molecule has 0 aromatic carbocycles. The summed E-state index contributed by atoms with van der Waals surface area (Å²) in [5, 5.41) is 14.3. The molecule has 18 heavy (non-hydrogen) atoms. The van der Waals surface area contributed by atoms with Gasteiger partial charge in [0, 0.05) is 19.6 Å². The fourth-order valence-corrected chi connectivity index (χ4v) is 2.12. The lowest BCUT2D eigenvalue weighted by atomic mass is 10.1. The minimum absolute atomic E-state index is 0.269. The highest BCUT2D eigenvalue weighted by Gasteiger charge is 2.26. The third-order valence-corrected chi connectivity index (χ3v) is 2.85. The molecule has 1 N–H and O–H groups in total. The number of hydrogen-bond donors (Lipinski definition) is 1. The highest BCUT2D eigenvalue weighted by atomic mass is 16.5. The van der Waals surface area contributed by atoms with Gasteiger partial charge in [0.25, 0.3) is 0 Å². The van der Waals surface area contributed by atoms with E-state index in [0.29, 0.717) is 25.6 Å². The van der Waals surface area contributed by atoms with Gasteiger partial charge in [-0.05, 0) is 20.3 Å². The van der Waals surface area contributed by atoms with Gasteiger partial charge in [0.2, 0.25) is 0 Å². The molecule has 1 aliphatic heterocycles. The Balaban J connectivity index is 2.23. The molecule has 0 amide bonds. The van der Waals surface area contributed by atoms with Crippen molar-refractivity contribution in [3.05, 3.63) is 11.6 Å². The van der Waals surface area contributed by atoms with Gasteiger partial charge in [0.1, 0.15) is 12.4 Å². The van der Waals surface area contributed by atoms with Crippen LogP contribution >= 0.6 is 0 Å². The van der Waals surface area contributed by atoms with E-state index < -0.39 is 5.60 Å². The van der Waals surface area contributed by atoms with Gasteiger partial charge < -0.3 is 14.6 Å². The van der Waals surface area contributed by atoms with Gasteiger partial charge >= 0.3 is 0 Å². The van der Waals surface area contributed by atoms with Gasteiger partial charge in [-0.15, -0.1) is 0 Å². The number of nitrogens with zero attached hydrogens (tertiary/aromatic N) is 3. The van der Waals surface area contributed by atoms with E-state index in [1.807, 2.05) is 0 Å². The van der Waals surface area contributed by atoms with E-state index in [2.05, 4.69) is 10.1 Å². The Morgan fingerprint density at radius 3 is 2.89 bits per heavy atom. The summed E-state index contributed by atoms with van der Waals surface area (Å²) in [7, 11) is 1.62. The summed E-state index contributed by atoms with van der Waals surface area (Å²) >= 11 is 0. The second-order valence-corrected chi connectivity index (χ2v) is 5.35. The zero-order chi connectivity index (χ0) is 13.2. The van der Waals surface area contributed by atoms with E-state index in [1.54, 1.807) is 25.6 Å². The van der Waals surface area contributed by atoms with Crippen molar-refractivity contribution in [2.45, 2.75) is 44.9 Å². The molecule has 2 heterocycles. The average Bonchev–Trinajstić information content (AvgIpc) is 2.85. The molecule has 0 saturated carbocycles. The molecule has 102 valence electrons. The van der Waals surface area contributed by atoms with Crippen molar-refractivity contribution in [1.82, 2.24) is 14.8 Å². The molecule has 0 spiro atoms. The highest BCUT2D eigenvalue weighted by molar-refractivity contribution is 5.02. The van der Waals surface area contributed by atoms with Crippen LogP contribution in [0.25, 0.3) is 0 Å². The Morgan fingerprint density at radius 2 is 2.33 bits per heavy atom. The molecule has 1 atom stereocenters. The topological polar surface area (TPSA) is 69.4 Å². The molecule has 1 aromatic rings. The van der Waals surface area contributed by atoms with Crippen LogP contribution in [0.1, 0.15) is 37.8 Å². The predicted octanol–water partition coefficient (Wildman–Crippen LogP) is 0.699. The molecule has 0 unspecified atom stereocenters. The van der Waals surface area contributed by atoms with Crippen LogP contribution in [0.3, 0.4) is 0 Å². The number of hydrogen-bond acceptors (Lipinski definition) is 5. The van der Waals surface area contributed by atoms with Crippen LogP contribution in [0.5, 0.6) is 0 Å². The van der Waals surface area contributed by atoms with E-state index >= 15 is 0 Å². The quantitative estimate of drug-likeness (QED) is 0.838. The average molecular weight is 255 g/mol. The number of ether oxygens (including phenoxy) is 2. The summed E-state index contributed by atoms with van der Waals surface area (Å²) in [5.74, 6) is 1.82. The summed E-state index contributed by atoms with van der Waals surface area (Å²) in [6.45, 7) is 5.78. The monoisotopic (exact) mass is 255 g/mol. The third kappa shape index (κ3) is 3.28. The molecular formula is C12H21N3O3. The molecule has 0 bridgehead atoms. The molecule has 1 fully saturated rings. The first-order valence-electron chi connectivity index (χ1n) is 6.22. The Labute approximate surface area is 107 Å². The Kier molecular flexibility index (Phi) is 3.99. The number of aliphatic hydroxyl groups is 1. The Hall–Kier alpha value is -0.980. The van der Waals surface area contributed by atoms with E-state index in [-0.39, 0.29) is 5.92 Å². The van der Waals surface area contributed by atoms with Crippen LogP contribution in [-0.4, -0.2) is 45.8 Å². The predicted molar refractivity (Wildman–Crippen MR) is 65.2 cm³/mol. The molecule has 1 aromatic heterocycles. The normalized spacial score (nSPS) is 20.6. The van der Waals surface area contributed by atoms with Crippen LogP contribution in [0.4, 0.5) is 0 Å². The Bertz CT molecular complexity index is 392. The van der Waals surface area contributed by atoms with Crippen molar-refractivity contribution in [2.24, 2.45) is 0 Å². The summed E-state index contributed by atoms with van der Waals surface area (Å²) in [5.41, 5.74) is -0.813. The molecule has 0 aliphatic carbocycles. The number of aromatic nitrogens is 3. The van der Waals surface area contributed by atoms with Gasteiger partial charge in [-0.25, -0.2) is 9.67 Å². The van der Waals surface area contributed by atoms with Gasteiger partial charge in [-0.1, -0.05) is 0 Å². The number of methoxy groups -OCH3 is 1. The second-order valence-electron chi connectivity index (χ2n) is 5.35. The van der Waals surface area contributed by atoms with Crippen molar-refractivity contribution >= 4 is 0 Å². The maximum Gasteiger partial charge on any atom is 0.176 e. The van der Waals surface area contributed by atoms with Gasteiger partial charge in [0.15, 0.2) is 5.82 Å². The minimum atomic E-state index is -0.813. The summed E-state index contributed by atoms with van der Waals surface area (Å²) < 4.78 is 12.2. The summed E-state index contributed by atoms with van der Waals surface area (Å²) in [6.07, 6.45) is 0.955. The maximum atomic E-state index is 9.93. The van der Waals surface area contributed by atoms with E-state index in [1.165, 1.54) is 0 Å². The van der Waals surface area contributed by atoms with Crippen molar-refractivity contribution in [1.29, 1.82) is 0 Å². The minimum Gasteiger partial charge on any atom is -0.389 e. The van der Waals surface area contributed by atoms with Crippen molar-refractivity contribution in [3.8, 4) is 0 Å². The molecule has 6 nitrogen and oxygen atoms in total. The van der Waals surface area contributed by atoms with E-state index in [4.69, 9.17) is 9.47 Å². The van der Waals surface area contributed by atoms with Crippen LogP contribution in [0.2, 0.25) is 0 Å². The standard InChI is InChI=1S/C12H21N3O3/c1-12(2,16)8-15-11(9-4-5-18-6-9)13-10(14-15)7-17-3/h9,16H,4-8H2,1-3H3/t9-/m0/s1. The van der Waals surface area contributed by atoms with Gasteiger partial charge in [-0.2, -0.15) is 5.10 Å². The molecule has 2 rings (SSSR count). The Morgan fingerprint density at radius 1 is 1.56 bits per heavy atom. The first-order chi connectivity index (χ1) is 8.49. The fraction of sp³-hybridized carbons (Fsp3) is 0.833. The van der Waals surface area contributed by atoms with Gasteiger partial charge in [0.05, 0.1) is 18.8 Å². The first kappa shape index (κ1) is 13.5. The van der Waals surface area contributed by atoms with Crippen LogP contribution < -0.4 is 0 Å². The maximum absolute atomic E-state index is 9.93. The third-order valence-electron chi connectivity index (χ3n) is 2.85. The second kappa shape index (κ2) is 5.34. The van der Waals surface area contributed by atoms with E-state index in [0.717, 1.165) is 18.9 Å². The lowest BCUT2D eigenvalue weighted by molar-refractivity contribution is 0.0557. The lowest BCUT2D eigenvalue weighted by Gasteiger charge is -2.19. The van der Waals surface area contributed by atoms with Crippen molar-refractivity contribution < 1.29 is 14.6 Å². The SMILES string of the molecule is COCc1nc([C@H]2CCOC2)n(CC(C)(C)O)n1. The fourth-order valence-electron chi connectivity index (χ4n) is 2.12. The summed E-state index contributed by atoms with van der Waals surface area (Å²) in [6, 6.07) is 0. The van der Waals surface area contributed by atoms with E-state index in [9.17, 15) is 5.11 Å². The molecule has 1 saturated heterocycles. The zero-order valence-corrected chi connectivity index (χ0v) is 11.2. The zero-order valence-electron chi connectivity index (χ0n) is 11.2. The van der Waals surface area contributed by atoms with Crippen molar-refractivity contribution in [2.75, 3.05) is 20.3 Å². The highest BCUT2D eigenvalue weighted by Crippen LogP contribution is 2.24. The van der Waals surface area contributed by atoms with Crippen LogP contribution in [0, 0.1) is 0 Å². The molecule has 0 radical (unpaired) electrons. The lowest BCUT2D eigenvalue weighted by Crippen LogP contribution is -2.28. The summed E-state index contributed by atoms with van der Waals surface area (Å²) in [4.78, 5) is 4.50. The molecule has 1 aliphatic rings. The number of rotatable bonds is 5. The van der Waals surface area contributed by atoms with Crippen LogP contribution in [0.15, 0.2) is 0 Å². The van der Waals surface area contributed by atoms with Gasteiger partial charge in [-0.3, -0.25) is 0 Å². The molecular weight excluding hydrogens is 234 g/mol. The first-order valence-corrected chi connectivity index (χ1v) is 6.22.